The maximum absolute atomic E-state index is 12.5. The molecular weight excluding hydrogens is 506 g/mol. The molecule has 0 heterocycles. The summed E-state index contributed by atoms with van der Waals surface area (Å²) in [5, 5.41) is 3.06. The maximum atomic E-state index is 12.5. The summed E-state index contributed by atoms with van der Waals surface area (Å²) in [4.78, 5) is 48.9. The van der Waals surface area contributed by atoms with Gasteiger partial charge in [-0.1, -0.05) is 46.6 Å². The normalized spacial score (nSPS) is 12.4. The van der Waals surface area contributed by atoms with Gasteiger partial charge in [0, 0.05) is 19.4 Å². The molecule has 0 spiro atoms. The van der Waals surface area contributed by atoms with Gasteiger partial charge in [-0.15, -0.1) is 0 Å². The summed E-state index contributed by atoms with van der Waals surface area (Å²) in [5.41, 5.74) is 0.645. The quantitative estimate of drug-likeness (QED) is 0.194. The number of esters is 3. The number of nitrogens with one attached hydrogen (secondary N) is 1. The third-order valence-corrected chi connectivity index (χ3v) is 5.71. The lowest BCUT2D eigenvalue weighted by Gasteiger charge is -2.20. The van der Waals surface area contributed by atoms with Crippen molar-refractivity contribution >= 4 is 24.1 Å². The van der Waals surface area contributed by atoms with Gasteiger partial charge in [0.05, 0.1) is 13.7 Å². The first kappa shape index (κ1) is 33.9. The third-order valence-electron chi connectivity index (χ3n) is 5.71. The standard InChI is InChI=1S/C29H45NO9/c1-7-9-11-26(31)38-24-14-13-22(18-25(24)39-27(32)12-10-8-2)17-23(28(33)35-6)30-19-21(5)37-29(34)36-16-15-20(3)4/h13-14,18,20-21,23,30H,7-12,15-17,19H2,1-6H3/t21?,23-/m0/s1. The van der Waals surface area contributed by atoms with Crippen LogP contribution in [-0.2, 0) is 35.0 Å². The van der Waals surface area contributed by atoms with Crippen LogP contribution in [0.25, 0.3) is 0 Å². The van der Waals surface area contributed by atoms with Crippen molar-refractivity contribution < 1.29 is 42.9 Å². The fourth-order valence-corrected chi connectivity index (χ4v) is 3.38. The van der Waals surface area contributed by atoms with Crippen LogP contribution < -0.4 is 14.8 Å². The van der Waals surface area contributed by atoms with Crippen LogP contribution in [0.4, 0.5) is 4.79 Å². The van der Waals surface area contributed by atoms with Crippen LogP contribution in [0.3, 0.4) is 0 Å². The summed E-state index contributed by atoms with van der Waals surface area (Å²) in [7, 11) is 1.28. The first-order valence-electron chi connectivity index (χ1n) is 13.8. The molecule has 0 aliphatic carbocycles. The third kappa shape index (κ3) is 14.6. The van der Waals surface area contributed by atoms with Gasteiger partial charge in [-0.25, -0.2) is 4.79 Å². The van der Waals surface area contributed by atoms with Crippen LogP contribution in [0, 0.1) is 5.92 Å². The molecule has 2 atom stereocenters. The highest BCUT2D eigenvalue weighted by molar-refractivity contribution is 5.77. The van der Waals surface area contributed by atoms with E-state index in [2.05, 4.69) is 5.32 Å². The van der Waals surface area contributed by atoms with Crippen molar-refractivity contribution in [2.45, 2.75) is 98.1 Å². The van der Waals surface area contributed by atoms with Crippen LogP contribution in [0.2, 0.25) is 0 Å². The van der Waals surface area contributed by atoms with E-state index >= 15 is 0 Å². The molecule has 1 N–H and O–H groups in total. The zero-order chi connectivity index (χ0) is 29.2. The number of carbonyl (C=O) groups excluding carboxylic acids is 4. The lowest BCUT2D eigenvalue weighted by molar-refractivity contribution is -0.143. The Hall–Kier alpha value is -3.14. The van der Waals surface area contributed by atoms with Gasteiger partial charge >= 0.3 is 24.1 Å². The molecule has 220 valence electrons. The summed E-state index contributed by atoms with van der Waals surface area (Å²) < 4.78 is 26.2. The van der Waals surface area contributed by atoms with E-state index in [1.165, 1.54) is 7.11 Å². The molecular formula is C29H45NO9. The lowest BCUT2D eigenvalue weighted by atomic mass is 10.0. The Morgan fingerprint density at radius 1 is 0.897 bits per heavy atom. The van der Waals surface area contributed by atoms with Crippen molar-refractivity contribution in [3.05, 3.63) is 23.8 Å². The number of benzene rings is 1. The highest BCUT2D eigenvalue weighted by Gasteiger charge is 2.23. The fraction of sp³-hybridized carbons (Fsp3) is 0.655. The van der Waals surface area contributed by atoms with Crippen LogP contribution >= 0.6 is 0 Å². The van der Waals surface area contributed by atoms with E-state index in [4.69, 9.17) is 23.7 Å². The van der Waals surface area contributed by atoms with Gasteiger partial charge in [-0.05, 0) is 56.2 Å². The smallest absolute Gasteiger partial charge is 0.468 e. The average Bonchev–Trinajstić information content (AvgIpc) is 2.89. The van der Waals surface area contributed by atoms with E-state index in [9.17, 15) is 19.2 Å². The molecule has 10 heteroatoms. The number of methoxy groups -OCH3 is 1. The van der Waals surface area contributed by atoms with Crippen LogP contribution in [0.15, 0.2) is 18.2 Å². The highest BCUT2D eigenvalue weighted by atomic mass is 16.7. The van der Waals surface area contributed by atoms with E-state index in [0.29, 0.717) is 24.3 Å². The molecule has 0 fully saturated rings. The number of hydrogen-bond donors (Lipinski definition) is 1. The average molecular weight is 552 g/mol. The van der Waals surface area contributed by atoms with Gasteiger partial charge in [0.15, 0.2) is 11.5 Å². The molecule has 0 saturated heterocycles. The van der Waals surface area contributed by atoms with E-state index in [0.717, 1.165) is 19.3 Å². The molecule has 10 nitrogen and oxygen atoms in total. The van der Waals surface area contributed by atoms with Crippen molar-refractivity contribution in [2.24, 2.45) is 5.92 Å². The molecule has 1 aromatic rings. The van der Waals surface area contributed by atoms with Crippen molar-refractivity contribution in [3.63, 3.8) is 0 Å². The fourth-order valence-electron chi connectivity index (χ4n) is 3.38. The van der Waals surface area contributed by atoms with Crippen LogP contribution in [-0.4, -0.2) is 56.5 Å². The second-order valence-electron chi connectivity index (χ2n) is 9.83. The zero-order valence-corrected chi connectivity index (χ0v) is 24.2. The summed E-state index contributed by atoms with van der Waals surface area (Å²) in [6, 6.07) is 4.04. The second-order valence-corrected chi connectivity index (χ2v) is 9.83. The molecule has 1 rings (SSSR count). The van der Waals surface area contributed by atoms with E-state index < -0.39 is 36.2 Å². The Kier molecular flexibility index (Phi) is 16.5. The van der Waals surface area contributed by atoms with Crippen molar-refractivity contribution in [1.82, 2.24) is 5.32 Å². The van der Waals surface area contributed by atoms with Crippen molar-refractivity contribution in [3.8, 4) is 11.5 Å². The summed E-state index contributed by atoms with van der Waals surface area (Å²) >= 11 is 0. The highest BCUT2D eigenvalue weighted by Crippen LogP contribution is 2.30. The summed E-state index contributed by atoms with van der Waals surface area (Å²) in [6.07, 6.45) is 3.10. The molecule has 39 heavy (non-hydrogen) atoms. The van der Waals surface area contributed by atoms with Gasteiger partial charge in [0.1, 0.15) is 12.1 Å². The first-order chi connectivity index (χ1) is 18.6. The van der Waals surface area contributed by atoms with Gasteiger partial charge in [0.2, 0.25) is 0 Å². The Morgan fingerprint density at radius 2 is 1.51 bits per heavy atom. The SMILES string of the molecule is CCCCC(=O)Oc1ccc(C[C@H](NCC(C)OC(=O)OCCC(C)C)C(=O)OC)cc1OC(=O)CCCC. The molecule has 0 aliphatic heterocycles. The van der Waals surface area contributed by atoms with E-state index in [-0.39, 0.29) is 43.9 Å². The topological polar surface area (TPSA) is 126 Å². The maximum Gasteiger partial charge on any atom is 0.508 e. The molecule has 0 aliphatic rings. The molecule has 0 amide bonds. The van der Waals surface area contributed by atoms with E-state index in [1.54, 1.807) is 25.1 Å². The number of unbranched alkanes of at least 4 members (excludes halogenated alkanes) is 2. The minimum atomic E-state index is -0.778. The van der Waals surface area contributed by atoms with Crippen LogP contribution in [0.1, 0.15) is 85.1 Å². The minimum absolute atomic E-state index is 0.114. The van der Waals surface area contributed by atoms with Gasteiger partial charge < -0.3 is 29.0 Å². The molecule has 1 aromatic carbocycles. The summed E-state index contributed by atoms with van der Waals surface area (Å²) in [6.45, 7) is 10.1. The monoisotopic (exact) mass is 551 g/mol. The minimum Gasteiger partial charge on any atom is -0.468 e. The molecule has 0 saturated carbocycles. The lowest BCUT2D eigenvalue weighted by Crippen LogP contribution is -2.43. The van der Waals surface area contributed by atoms with Gasteiger partial charge in [-0.2, -0.15) is 0 Å². The number of rotatable bonds is 18. The number of carbonyl (C=O) groups is 4. The predicted octanol–water partition coefficient (Wildman–Crippen LogP) is 5.14. The predicted molar refractivity (Wildman–Crippen MR) is 146 cm³/mol. The summed E-state index contributed by atoms with van der Waals surface area (Å²) in [5.74, 6) is -0.707. The van der Waals surface area contributed by atoms with Gasteiger partial charge in [0.25, 0.3) is 0 Å². The molecule has 1 unspecified atom stereocenters. The first-order valence-corrected chi connectivity index (χ1v) is 13.8. The van der Waals surface area contributed by atoms with Crippen molar-refractivity contribution in [1.29, 1.82) is 0 Å². The van der Waals surface area contributed by atoms with Crippen LogP contribution in [0.5, 0.6) is 11.5 Å². The molecule has 0 bridgehead atoms. The second kappa shape index (κ2) is 19.0. The van der Waals surface area contributed by atoms with Gasteiger partial charge in [-0.3, -0.25) is 14.4 Å². The molecule has 0 aromatic heterocycles. The Morgan fingerprint density at radius 3 is 2.08 bits per heavy atom. The van der Waals surface area contributed by atoms with E-state index in [1.807, 2.05) is 27.7 Å². The number of hydrogen-bond acceptors (Lipinski definition) is 10. The largest absolute Gasteiger partial charge is 0.508 e. The van der Waals surface area contributed by atoms with Crippen molar-refractivity contribution in [2.75, 3.05) is 20.3 Å². The number of ether oxygens (including phenoxy) is 5. The zero-order valence-electron chi connectivity index (χ0n) is 24.2. The molecule has 0 radical (unpaired) electrons. The Bertz CT molecular complexity index is 916. The Labute approximate surface area is 232 Å². The Balaban J connectivity index is 2.93.